The first-order chi connectivity index (χ1) is 9.74. The van der Waals surface area contributed by atoms with Crippen LogP contribution in [0.5, 0.6) is 0 Å². The molecule has 3 aromatic rings. The Labute approximate surface area is 120 Å². The quantitative estimate of drug-likeness (QED) is 0.741. The molecule has 2 N–H and O–H groups in total. The van der Waals surface area contributed by atoms with E-state index < -0.39 is 0 Å². The zero-order valence-corrected chi connectivity index (χ0v) is 11.8. The van der Waals surface area contributed by atoms with E-state index in [4.69, 9.17) is 5.73 Å². The average molecular weight is 286 g/mol. The van der Waals surface area contributed by atoms with E-state index in [1.165, 1.54) is 0 Å². The average Bonchev–Trinajstić information content (AvgIpc) is 3.07. The number of hydrogen-bond donors (Lipinski definition) is 1. The van der Waals surface area contributed by atoms with Crippen LogP contribution in [0.1, 0.15) is 5.56 Å². The fraction of sp³-hybridized carbons (Fsp3) is 0.154. The monoisotopic (exact) mass is 286 g/mol. The fourth-order valence-corrected chi connectivity index (χ4v) is 2.59. The Bertz CT molecular complexity index is 703. The largest absolute Gasteiger partial charge is 0.368 e. The zero-order chi connectivity index (χ0) is 13.9. The van der Waals surface area contributed by atoms with Crippen molar-refractivity contribution in [3.8, 4) is 5.69 Å². The zero-order valence-electron chi connectivity index (χ0n) is 11.0. The third-order valence-corrected chi connectivity index (χ3v) is 3.98. The van der Waals surface area contributed by atoms with Crippen LogP contribution in [-0.4, -0.2) is 24.5 Å². The number of nitrogen functional groups attached to an aromatic ring is 1. The molecule has 0 bridgehead atoms. The summed E-state index contributed by atoms with van der Waals surface area (Å²) in [6.45, 7) is 0. The van der Waals surface area contributed by atoms with E-state index in [-0.39, 0.29) is 0 Å². The van der Waals surface area contributed by atoms with E-state index in [2.05, 4.69) is 15.3 Å². The van der Waals surface area contributed by atoms with E-state index in [0.717, 1.165) is 22.2 Å². The van der Waals surface area contributed by atoms with Crippen molar-refractivity contribution >= 4 is 17.7 Å². The molecule has 7 heteroatoms. The van der Waals surface area contributed by atoms with Crippen LogP contribution in [0.4, 0.5) is 5.95 Å². The molecule has 0 saturated heterocycles. The van der Waals surface area contributed by atoms with Gasteiger partial charge in [-0.2, -0.15) is 5.10 Å². The first kappa shape index (κ1) is 12.7. The fourth-order valence-electron chi connectivity index (χ4n) is 1.76. The summed E-state index contributed by atoms with van der Waals surface area (Å²) in [5.74, 6) is 1.20. The van der Waals surface area contributed by atoms with Gasteiger partial charge in [0.05, 0.1) is 11.9 Å². The molecule has 1 aromatic carbocycles. The maximum Gasteiger partial charge on any atom is 0.222 e. The van der Waals surface area contributed by atoms with Crippen molar-refractivity contribution in [2.75, 3.05) is 5.73 Å². The van der Waals surface area contributed by atoms with E-state index in [0.29, 0.717) is 5.95 Å². The highest BCUT2D eigenvalue weighted by Crippen LogP contribution is 2.21. The van der Waals surface area contributed by atoms with E-state index in [9.17, 15) is 0 Å². The molecule has 0 spiro atoms. The van der Waals surface area contributed by atoms with Gasteiger partial charge in [0.2, 0.25) is 5.95 Å². The molecule has 0 aliphatic heterocycles. The van der Waals surface area contributed by atoms with Crippen molar-refractivity contribution in [2.45, 2.75) is 10.9 Å². The standard InChI is InChI=1S/C13H14N6S/c1-18-12(14)16-17-13(18)20-9-10-7-15-19(8-10)11-5-3-2-4-6-11/h2-8H,9H2,1H3,(H2,14,16). The third-order valence-electron chi connectivity index (χ3n) is 2.89. The Morgan fingerprint density at radius 1 is 1.20 bits per heavy atom. The Kier molecular flexibility index (Phi) is 3.42. The maximum atomic E-state index is 5.65. The minimum absolute atomic E-state index is 0.424. The minimum atomic E-state index is 0.424. The number of para-hydroxylation sites is 1. The van der Waals surface area contributed by atoms with Crippen LogP contribution in [0.15, 0.2) is 47.9 Å². The van der Waals surface area contributed by atoms with Gasteiger partial charge < -0.3 is 5.73 Å². The first-order valence-electron chi connectivity index (χ1n) is 6.10. The molecule has 0 fully saturated rings. The SMILES string of the molecule is Cn1c(N)nnc1SCc1cnn(-c2ccccc2)c1. The summed E-state index contributed by atoms with van der Waals surface area (Å²) in [5.41, 5.74) is 7.82. The first-order valence-corrected chi connectivity index (χ1v) is 7.09. The minimum Gasteiger partial charge on any atom is -0.368 e. The topological polar surface area (TPSA) is 74.6 Å². The van der Waals surface area contributed by atoms with E-state index in [1.807, 2.05) is 54.5 Å². The number of benzene rings is 1. The number of nitrogens with two attached hydrogens (primary N) is 1. The lowest BCUT2D eigenvalue weighted by atomic mass is 10.3. The second kappa shape index (κ2) is 5.38. The molecule has 2 aromatic heterocycles. The van der Waals surface area contributed by atoms with E-state index >= 15 is 0 Å². The highest BCUT2D eigenvalue weighted by molar-refractivity contribution is 7.98. The van der Waals surface area contributed by atoms with Crippen molar-refractivity contribution in [1.82, 2.24) is 24.5 Å². The summed E-state index contributed by atoms with van der Waals surface area (Å²) in [6, 6.07) is 10.0. The van der Waals surface area contributed by atoms with Crippen molar-refractivity contribution in [2.24, 2.45) is 7.05 Å². The summed E-state index contributed by atoms with van der Waals surface area (Å²) < 4.78 is 3.63. The summed E-state index contributed by atoms with van der Waals surface area (Å²) >= 11 is 1.59. The molecular formula is C13H14N6S. The van der Waals surface area contributed by atoms with Gasteiger partial charge in [0, 0.05) is 24.6 Å². The number of rotatable bonds is 4. The lowest BCUT2D eigenvalue weighted by molar-refractivity contribution is 0.796. The van der Waals surface area contributed by atoms with Gasteiger partial charge in [-0.1, -0.05) is 30.0 Å². The molecular weight excluding hydrogens is 272 g/mol. The van der Waals surface area contributed by atoms with Crippen molar-refractivity contribution in [3.05, 3.63) is 48.3 Å². The van der Waals surface area contributed by atoms with Crippen LogP contribution in [0.3, 0.4) is 0 Å². The predicted octanol–water partition coefficient (Wildman–Crippen LogP) is 1.88. The second-order valence-corrected chi connectivity index (χ2v) is 5.26. The Morgan fingerprint density at radius 2 is 2.00 bits per heavy atom. The Balaban J connectivity index is 1.70. The van der Waals surface area contributed by atoms with Gasteiger partial charge in [-0.25, -0.2) is 4.68 Å². The molecule has 0 radical (unpaired) electrons. The van der Waals surface area contributed by atoms with Crippen LogP contribution >= 0.6 is 11.8 Å². The molecule has 3 rings (SSSR count). The molecule has 0 saturated carbocycles. The van der Waals surface area contributed by atoms with Gasteiger partial charge in [-0.3, -0.25) is 4.57 Å². The molecule has 102 valence electrons. The van der Waals surface area contributed by atoms with Crippen LogP contribution in [0, 0.1) is 0 Å². The highest BCUT2D eigenvalue weighted by Gasteiger charge is 2.07. The smallest absolute Gasteiger partial charge is 0.222 e. The molecule has 0 aliphatic carbocycles. The molecule has 0 unspecified atom stereocenters. The van der Waals surface area contributed by atoms with Gasteiger partial charge in [-0.05, 0) is 12.1 Å². The van der Waals surface area contributed by atoms with Gasteiger partial charge in [0.25, 0.3) is 0 Å². The number of aromatic nitrogens is 5. The number of thioether (sulfide) groups is 1. The van der Waals surface area contributed by atoms with Gasteiger partial charge >= 0.3 is 0 Å². The lowest BCUT2D eigenvalue weighted by Gasteiger charge is -2.00. The summed E-state index contributed by atoms with van der Waals surface area (Å²) in [7, 11) is 1.85. The Hall–Kier alpha value is -2.28. The number of nitrogens with zero attached hydrogens (tertiary/aromatic N) is 5. The number of anilines is 1. The molecule has 6 nitrogen and oxygen atoms in total. The predicted molar refractivity (Wildman–Crippen MR) is 78.5 cm³/mol. The summed E-state index contributed by atoms with van der Waals surface area (Å²) in [4.78, 5) is 0. The van der Waals surface area contributed by atoms with E-state index in [1.54, 1.807) is 16.3 Å². The molecule has 0 amide bonds. The van der Waals surface area contributed by atoms with Crippen molar-refractivity contribution in [3.63, 3.8) is 0 Å². The molecule has 20 heavy (non-hydrogen) atoms. The van der Waals surface area contributed by atoms with Crippen LogP contribution < -0.4 is 5.73 Å². The second-order valence-electron chi connectivity index (χ2n) is 4.32. The normalized spacial score (nSPS) is 10.8. The molecule has 0 atom stereocenters. The van der Waals surface area contributed by atoms with Crippen LogP contribution in [0.25, 0.3) is 5.69 Å². The molecule has 0 aliphatic rings. The van der Waals surface area contributed by atoms with Gasteiger partial charge in [0.15, 0.2) is 5.16 Å². The van der Waals surface area contributed by atoms with Crippen LogP contribution in [0.2, 0.25) is 0 Å². The molecule has 2 heterocycles. The van der Waals surface area contributed by atoms with Crippen molar-refractivity contribution < 1.29 is 0 Å². The highest BCUT2D eigenvalue weighted by atomic mass is 32.2. The summed E-state index contributed by atoms with van der Waals surface area (Å²) in [6.07, 6.45) is 3.88. The maximum absolute atomic E-state index is 5.65. The van der Waals surface area contributed by atoms with Crippen LogP contribution in [-0.2, 0) is 12.8 Å². The lowest BCUT2D eigenvalue weighted by Crippen LogP contribution is -1.98. The Morgan fingerprint density at radius 3 is 2.70 bits per heavy atom. The number of hydrogen-bond acceptors (Lipinski definition) is 5. The van der Waals surface area contributed by atoms with Crippen molar-refractivity contribution in [1.29, 1.82) is 0 Å². The van der Waals surface area contributed by atoms with Gasteiger partial charge in [-0.15, -0.1) is 10.2 Å². The van der Waals surface area contributed by atoms with Gasteiger partial charge in [0.1, 0.15) is 0 Å². The third kappa shape index (κ3) is 2.53. The summed E-state index contributed by atoms with van der Waals surface area (Å²) in [5, 5.41) is 13.0.